The van der Waals surface area contributed by atoms with Crippen molar-refractivity contribution >= 4 is 5.91 Å². The van der Waals surface area contributed by atoms with Crippen molar-refractivity contribution in [3.63, 3.8) is 0 Å². The van der Waals surface area contributed by atoms with Gasteiger partial charge in [0.1, 0.15) is 6.10 Å². The molecule has 0 saturated carbocycles. The van der Waals surface area contributed by atoms with E-state index in [-0.39, 0.29) is 18.0 Å². The van der Waals surface area contributed by atoms with Gasteiger partial charge in [0.15, 0.2) is 0 Å². The molecule has 2 rings (SSSR count). The average Bonchev–Trinajstić information content (AvgIpc) is 2.67. The second-order valence-electron chi connectivity index (χ2n) is 6.58. The summed E-state index contributed by atoms with van der Waals surface area (Å²) in [7, 11) is 0. The minimum Gasteiger partial charge on any atom is -0.383 e. The molecule has 134 valence electrons. The number of rotatable bonds is 8. The summed E-state index contributed by atoms with van der Waals surface area (Å²) < 4.78 is 0. The summed E-state index contributed by atoms with van der Waals surface area (Å²) in [5.41, 5.74) is 2.14. The van der Waals surface area contributed by atoms with Crippen LogP contribution in [0, 0.1) is 0 Å². The molecule has 0 aliphatic carbocycles. The maximum atomic E-state index is 13.1. The maximum Gasteiger partial charge on any atom is 0.252 e. The molecule has 3 heteroatoms. The standard InChI is InChI=1S/C22H29NO2/c1-4-5-16-21(24)22(25)23(17(2)19-12-8-6-9-13-19)18(3)20-14-10-7-11-15-20/h6-15,17-18,21,24H,4-5,16H2,1-3H3/t17-,18-,21-/m1/s1. The van der Waals surface area contributed by atoms with Gasteiger partial charge in [-0.1, -0.05) is 80.4 Å². The number of hydrogen-bond acceptors (Lipinski definition) is 2. The van der Waals surface area contributed by atoms with Gasteiger partial charge in [0.25, 0.3) is 5.91 Å². The Hall–Kier alpha value is -2.13. The fourth-order valence-corrected chi connectivity index (χ4v) is 3.19. The molecule has 0 bridgehead atoms. The van der Waals surface area contributed by atoms with Crippen molar-refractivity contribution in [2.75, 3.05) is 0 Å². The summed E-state index contributed by atoms with van der Waals surface area (Å²) in [6.07, 6.45) is 1.37. The molecule has 0 aliphatic rings. The van der Waals surface area contributed by atoms with Crippen LogP contribution in [0.25, 0.3) is 0 Å². The number of nitrogens with zero attached hydrogens (tertiary/aromatic N) is 1. The van der Waals surface area contributed by atoms with Crippen LogP contribution in [-0.2, 0) is 4.79 Å². The Labute approximate surface area is 151 Å². The van der Waals surface area contributed by atoms with Crippen LogP contribution in [0.3, 0.4) is 0 Å². The van der Waals surface area contributed by atoms with Gasteiger partial charge in [0, 0.05) is 0 Å². The quantitative estimate of drug-likeness (QED) is 0.744. The Bertz CT molecular complexity index is 596. The molecule has 2 aromatic carbocycles. The van der Waals surface area contributed by atoms with Gasteiger partial charge < -0.3 is 10.0 Å². The van der Waals surface area contributed by atoms with Gasteiger partial charge in [-0.05, 0) is 31.4 Å². The molecule has 0 aromatic heterocycles. The first-order valence-corrected chi connectivity index (χ1v) is 9.16. The van der Waals surface area contributed by atoms with Gasteiger partial charge >= 0.3 is 0 Å². The van der Waals surface area contributed by atoms with Crippen LogP contribution in [-0.4, -0.2) is 22.0 Å². The smallest absolute Gasteiger partial charge is 0.252 e. The molecule has 3 nitrogen and oxygen atoms in total. The average molecular weight is 339 g/mol. The number of carbonyl (C=O) groups excluding carboxylic acids is 1. The lowest BCUT2D eigenvalue weighted by Gasteiger charge is -2.36. The predicted octanol–water partition coefficient (Wildman–Crippen LogP) is 4.89. The molecule has 0 aliphatic heterocycles. The van der Waals surface area contributed by atoms with E-state index in [4.69, 9.17) is 0 Å². The molecule has 25 heavy (non-hydrogen) atoms. The van der Waals surface area contributed by atoms with Crippen LogP contribution in [0.15, 0.2) is 60.7 Å². The third-order valence-electron chi connectivity index (χ3n) is 4.77. The second kappa shape index (κ2) is 9.38. The molecule has 1 amide bonds. The Morgan fingerprint density at radius 1 is 0.920 bits per heavy atom. The van der Waals surface area contributed by atoms with Crippen molar-refractivity contribution < 1.29 is 9.90 Å². The number of benzene rings is 2. The van der Waals surface area contributed by atoms with Gasteiger partial charge in [0.05, 0.1) is 12.1 Å². The van der Waals surface area contributed by atoms with Crippen LogP contribution in [0.2, 0.25) is 0 Å². The zero-order valence-corrected chi connectivity index (χ0v) is 15.4. The van der Waals surface area contributed by atoms with Crippen molar-refractivity contribution in [1.29, 1.82) is 0 Å². The lowest BCUT2D eigenvalue weighted by atomic mass is 9.99. The van der Waals surface area contributed by atoms with Crippen LogP contribution >= 0.6 is 0 Å². The maximum absolute atomic E-state index is 13.1. The van der Waals surface area contributed by atoms with E-state index in [9.17, 15) is 9.90 Å². The highest BCUT2D eigenvalue weighted by atomic mass is 16.3. The van der Waals surface area contributed by atoms with Gasteiger partial charge in [-0.3, -0.25) is 4.79 Å². The lowest BCUT2D eigenvalue weighted by molar-refractivity contribution is -0.145. The van der Waals surface area contributed by atoms with Crippen LogP contribution in [0.1, 0.15) is 63.2 Å². The van der Waals surface area contributed by atoms with Crippen molar-refractivity contribution in [1.82, 2.24) is 4.90 Å². The van der Waals surface area contributed by atoms with E-state index >= 15 is 0 Å². The van der Waals surface area contributed by atoms with E-state index in [0.29, 0.717) is 6.42 Å². The lowest BCUT2D eigenvalue weighted by Crippen LogP contribution is -2.42. The van der Waals surface area contributed by atoms with Crippen LogP contribution in [0.5, 0.6) is 0 Å². The van der Waals surface area contributed by atoms with Gasteiger partial charge in [0.2, 0.25) is 0 Å². The van der Waals surface area contributed by atoms with Crippen molar-refractivity contribution in [3.8, 4) is 0 Å². The van der Waals surface area contributed by atoms with Gasteiger partial charge in [-0.25, -0.2) is 0 Å². The number of amides is 1. The molecule has 0 fully saturated rings. The molecule has 3 atom stereocenters. The number of aliphatic hydroxyl groups excluding tert-OH is 1. The molecular weight excluding hydrogens is 310 g/mol. The first-order valence-electron chi connectivity index (χ1n) is 9.16. The molecule has 0 unspecified atom stereocenters. The minimum absolute atomic E-state index is 0.111. The first kappa shape index (κ1) is 19.2. The van der Waals surface area contributed by atoms with E-state index in [1.807, 2.05) is 79.4 Å². The molecule has 2 aromatic rings. The van der Waals surface area contributed by atoms with E-state index in [1.54, 1.807) is 0 Å². The summed E-state index contributed by atoms with van der Waals surface area (Å²) in [6.45, 7) is 6.12. The van der Waals surface area contributed by atoms with Crippen molar-refractivity contribution in [2.24, 2.45) is 0 Å². The summed E-state index contributed by atoms with van der Waals surface area (Å²) in [5.74, 6) is -0.193. The molecular formula is C22H29NO2. The zero-order chi connectivity index (χ0) is 18.2. The highest BCUT2D eigenvalue weighted by molar-refractivity contribution is 5.81. The number of carbonyl (C=O) groups is 1. The van der Waals surface area contributed by atoms with Crippen LogP contribution in [0.4, 0.5) is 0 Å². The monoisotopic (exact) mass is 339 g/mol. The number of unbranched alkanes of at least 4 members (excludes halogenated alkanes) is 1. The summed E-state index contributed by atoms with van der Waals surface area (Å²) >= 11 is 0. The number of hydrogen-bond donors (Lipinski definition) is 1. The molecule has 0 heterocycles. The minimum atomic E-state index is -0.947. The Morgan fingerprint density at radius 2 is 1.36 bits per heavy atom. The molecule has 1 N–H and O–H groups in total. The first-order chi connectivity index (χ1) is 12.1. The van der Waals surface area contributed by atoms with E-state index in [2.05, 4.69) is 6.92 Å². The Morgan fingerprint density at radius 3 is 1.76 bits per heavy atom. The van der Waals surface area contributed by atoms with Crippen LogP contribution < -0.4 is 0 Å². The molecule has 0 saturated heterocycles. The topological polar surface area (TPSA) is 40.5 Å². The summed E-state index contributed by atoms with van der Waals surface area (Å²) in [6, 6.07) is 19.8. The van der Waals surface area contributed by atoms with Crippen molar-refractivity contribution in [3.05, 3.63) is 71.8 Å². The zero-order valence-electron chi connectivity index (χ0n) is 15.4. The third-order valence-corrected chi connectivity index (χ3v) is 4.77. The van der Waals surface area contributed by atoms with Crippen molar-refractivity contribution in [2.45, 2.75) is 58.2 Å². The van der Waals surface area contributed by atoms with E-state index in [0.717, 1.165) is 24.0 Å². The second-order valence-corrected chi connectivity index (χ2v) is 6.58. The highest BCUT2D eigenvalue weighted by Gasteiger charge is 2.31. The molecule has 0 spiro atoms. The fraction of sp³-hybridized carbons (Fsp3) is 0.409. The van der Waals surface area contributed by atoms with E-state index < -0.39 is 6.10 Å². The summed E-state index contributed by atoms with van der Waals surface area (Å²) in [4.78, 5) is 14.9. The van der Waals surface area contributed by atoms with E-state index in [1.165, 1.54) is 0 Å². The highest BCUT2D eigenvalue weighted by Crippen LogP contribution is 2.31. The number of aliphatic hydroxyl groups is 1. The van der Waals surface area contributed by atoms with Gasteiger partial charge in [-0.2, -0.15) is 0 Å². The Kier molecular flexibility index (Phi) is 7.20. The molecule has 0 radical (unpaired) electrons. The summed E-state index contributed by atoms with van der Waals surface area (Å²) in [5, 5.41) is 10.4. The largest absolute Gasteiger partial charge is 0.383 e. The van der Waals surface area contributed by atoms with Gasteiger partial charge in [-0.15, -0.1) is 0 Å². The SMILES string of the molecule is CCCC[C@@H](O)C(=O)N([C@H](C)c1ccccc1)[C@H](C)c1ccccc1. The fourth-order valence-electron chi connectivity index (χ4n) is 3.19. The third kappa shape index (κ3) is 4.93. The Balaban J connectivity index is 2.32. The predicted molar refractivity (Wildman–Crippen MR) is 102 cm³/mol. The normalized spacial score (nSPS) is 14.6.